The van der Waals surface area contributed by atoms with Crippen LogP contribution in [-0.4, -0.2) is 35.3 Å². The lowest BCUT2D eigenvalue weighted by Crippen LogP contribution is -2.27. The molecular weight excluding hydrogens is 364 g/mol. The highest BCUT2D eigenvalue weighted by molar-refractivity contribution is 7.90. The second-order valence-electron chi connectivity index (χ2n) is 6.76. The third-order valence-corrected chi connectivity index (χ3v) is 5.63. The van der Waals surface area contributed by atoms with Crippen LogP contribution in [0.3, 0.4) is 0 Å². The van der Waals surface area contributed by atoms with Crippen LogP contribution >= 0.6 is 0 Å². The van der Waals surface area contributed by atoms with E-state index in [1.807, 2.05) is 20.8 Å². The molecule has 0 aliphatic carbocycles. The van der Waals surface area contributed by atoms with Gasteiger partial charge >= 0.3 is 0 Å². The molecule has 0 spiro atoms. The van der Waals surface area contributed by atoms with Crippen LogP contribution in [0.25, 0.3) is 11.0 Å². The van der Waals surface area contributed by atoms with E-state index in [2.05, 4.69) is 15.4 Å². The summed E-state index contributed by atoms with van der Waals surface area (Å²) >= 11 is 0. The third kappa shape index (κ3) is 3.71. The first-order chi connectivity index (χ1) is 12.6. The van der Waals surface area contributed by atoms with Crippen LogP contribution in [0.15, 0.2) is 35.2 Å². The maximum atomic E-state index is 12.9. The number of carbonyl (C=O) groups excluding carboxylic acids is 1. The quantitative estimate of drug-likeness (QED) is 0.743. The van der Waals surface area contributed by atoms with Crippen LogP contribution in [0.4, 0.5) is 0 Å². The number of pyridine rings is 1. The van der Waals surface area contributed by atoms with Crippen LogP contribution < -0.4 is 5.32 Å². The van der Waals surface area contributed by atoms with Crippen LogP contribution in [0.5, 0.6) is 0 Å². The van der Waals surface area contributed by atoms with E-state index in [9.17, 15) is 13.2 Å². The Morgan fingerprint density at radius 1 is 1.19 bits per heavy atom. The van der Waals surface area contributed by atoms with E-state index in [4.69, 9.17) is 0 Å². The molecule has 0 radical (unpaired) electrons. The topological polar surface area (TPSA) is 94.0 Å². The van der Waals surface area contributed by atoms with Gasteiger partial charge in [-0.3, -0.25) is 9.48 Å². The predicted molar refractivity (Wildman–Crippen MR) is 103 cm³/mol. The van der Waals surface area contributed by atoms with Crippen molar-refractivity contribution < 1.29 is 13.2 Å². The number of aryl methyl sites for hydroxylation is 3. The van der Waals surface area contributed by atoms with Crippen molar-refractivity contribution in [2.24, 2.45) is 7.05 Å². The van der Waals surface area contributed by atoms with Crippen molar-refractivity contribution in [3.63, 3.8) is 0 Å². The molecule has 2 aromatic heterocycles. The summed E-state index contributed by atoms with van der Waals surface area (Å²) in [6.07, 6.45) is 1.17. The first-order valence-corrected chi connectivity index (χ1v) is 10.4. The molecule has 0 aliphatic heterocycles. The zero-order valence-corrected chi connectivity index (χ0v) is 16.8. The van der Waals surface area contributed by atoms with Crippen molar-refractivity contribution >= 4 is 26.8 Å². The molecule has 0 fully saturated rings. The lowest BCUT2D eigenvalue weighted by Gasteiger charge is -2.15. The van der Waals surface area contributed by atoms with Crippen molar-refractivity contribution in [1.29, 1.82) is 0 Å². The summed E-state index contributed by atoms with van der Waals surface area (Å²) in [6, 6.07) is 7.99. The van der Waals surface area contributed by atoms with Gasteiger partial charge in [0.15, 0.2) is 15.5 Å². The minimum Gasteiger partial charge on any atom is -0.345 e. The molecule has 0 aliphatic rings. The summed E-state index contributed by atoms with van der Waals surface area (Å²) in [5.74, 6) is -0.221. The number of aromatic nitrogens is 3. The van der Waals surface area contributed by atoms with Gasteiger partial charge in [0.2, 0.25) is 0 Å². The van der Waals surface area contributed by atoms with E-state index in [0.29, 0.717) is 11.2 Å². The average Bonchev–Trinajstić information content (AvgIpc) is 2.87. The second kappa shape index (κ2) is 6.77. The zero-order chi connectivity index (χ0) is 19.9. The number of nitrogens with one attached hydrogen (secondary N) is 1. The number of sulfone groups is 1. The second-order valence-corrected chi connectivity index (χ2v) is 8.77. The average molecular weight is 386 g/mol. The van der Waals surface area contributed by atoms with Gasteiger partial charge < -0.3 is 5.32 Å². The van der Waals surface area contributed by atoms with E-state index in [1.165, 1.54) is 6.26 Å². The highest BCUT2D eigenvalue weighted by atomic mass is 32.2. The van der Waals surface area contributed by atoms with Crippen molar-refractivity contribution in [3.8, 4) is 0 Å². The molecule has 1 aromatic carbocycles. The summed E-state index contributed by atoms with van der Waals surface area (Å²) in [4.78, 5) is 17.6. The Morgan fingerprint density at radius 3 is 2.41 bits per heavy atom. The maximum absolute atomic E-state index is 12.9. The van der Waals surface area contributed by atoms with E-state index >= 15 is 0 Å². The summed E-state index contributed by atoms with van der Waals surface area (Å²) in [5, 5.41) is 8.07. The Morgan fingerprint density at radius 2 is 1.81 bits per heavy atom. The van der Waals surface area contributed by atoms with Gasteiger partial charge in [0.25, 0.3) is 5.91 Å². The number of hydrogen-bond donors (Lipinski definition) is 1. The number of hydrogen-bond acceptors (Lipinski definition) is 5. The van der Waals surface area contributed by atoms with Gasteiger partial charge in [-0.05, 0) is 44.5 Å². The summed E-state index contributed by atoms with van der Waals surface area (Å²) in [7, 11) is -1.45. The van der Waals surface area contributed by atoms with E-state index in [-0.39, 0.29) is 16.8 Å². The van der Waals surface area contributed by atoms with Gasteiger partial charge in [0, 0.05) is 19.0 Å². The highest BCUT2D eigenvalue weighted by Gasteiger charge is 2.19. The van der Waals surface area contributed by atoms with Crippen LogP contribution in [0.1, 0.15) is 40.3 Å². The largest absolute Gasteiger partial charge is 0.345 e. The number of benzene rings is 1. The Kier molecular flexibility index (Phi) is 4.77. The van der Waals surface area contributed by atoms with Crippen molar-refractivity contribution in [1.82, 2.24) is 20.1 Å². The summed E-state index contributed by atoms with van der Waals surface area (Å²) < 4.78 is 24.8. The Hall–Kier alpha value is -2.74. The fourth-order valence-corrected chi connectivity index (χ4v) is 3.74. The lowest BCUT2D eigenvalue weighted by molar-refractivity contribution is 0.0941. The van der Waals surface area contributed by atoms with Gasteiger partial charge in [-0.15, -0.1) is 0 Å². The minimum atomic E-state index is -3.25. The molecule has 8 heteroatoms. The first-order valence-electron chi connectivity index (χ1n) is 8.49. The normalized spacial score (nSPS) is 12.9. The van der Waals surface area contributed by atoms with Gasteiger partial charge in [-0.1, -0.05) is 12.1 Å². The van der Waals surface area contributed by atoms with Crippen LogP contribution in [0, 0.1) is 13.8 Å². The number of rotatable bonds is 4. The predicted octanol–water partition coefficient (Wildman–Crippen LogP) is 2.48. The number of nitrogens with zero attached hydrogens (tertiary/aromatic N) is 3. The van der Waals surface area contributed by atoms with Gasteiger partial charge in [-0.2, -0.15) is 5.10 Å². The molecule has 142 valence electrons. The molecule has 1 N–H and O–H groups in total. The van der Waals surface area contributed by atoms with Crippen molar-refractivity contribution in [3.05, 3.63) is 52.8 Å². The fraction of sp³-hybridized carbons (Fsp3) is 0.316. The maximum Gasteiger partial charge on any atom is 0.252 e. The molecule has 0 unspecified atom stereocenters. The molecule has 1 amide bonds. The molecular formula is C19H22N4O3S. The highest BCUT2D eigenvalue weighted by Crippen LogP contribution is 2.23. The minimum absolute atomic E-state index is 0.221. The number of fused-ring (bicyclic) bond motifs is 1. The third-order valence-electron chi connectivity index (χ3n) is 4.50. The molecule has 3 aromatic rings. The Bertz CT molecular complexity index is 1130. The molecule has 0 saturated carbocycles. The SMILES string of the molecule is Cc1cc(C(=O)N[C@@H](C)c2ccc(S(C)(=O)=O)cc2)c2c(C)nn(C)c2n1. The summed E-state index contributed by atoms with van der Waals surface area (Å²) in [5.41, 5.74) is 3.50. The van der Waals surface area contributed by atoms with Crippen molar-refractivity contribution in [2.45, 2.75) is 31.7 Å². The zero-order valence-electron chi connectivity index (χ0n) is 15.9. The molecule has 27 heavy (non-hydrogen) atoms. The number of carbonyl (C=O) groups is 1. The lowest BCUT2D eigenvalue weighted by atomic mass is 10.1. The Labute approximate surface area is 158 Å². The standard InChI is InChI=1S/C19H22N4O3S/c1-11-10-16(17-13(3)22-23(4)18(17)20-11)19(24)21-12(2)14-6-8-15(9-7-14)27(5,25)26/h6-10,12H,1-5H3,(H,21,24)/t12-/m0/s1. The summed E-state index contributed by atoms with van der Waals surface area (Å²) in [6.45, 7) is 5.55. The van der Waals surface area contributed by atoms with E-state index < -0.39 is 9.84 Å². The molecule has 0 saturated heterocycles. The molecule has 3 rings (SSSR count). The molecule has 7 nitrogen and oxygen atoms in total. The van der Waals surface area contributed by atoms with Crippen LogP contribution in [-0.2, 0) is 16.9 Å². The monoisotopic (exact) mass is 386 g/mol. The van der Waals surface area contributed by atoms with Crippen molar-refractivity contribution in [2.75, 3.05) is 6.26 Å². The first kappa shape index (κ1) is 19.0. The number of amides is 1. The molecule has 1 atom stereocenters. The molecule has 0 bridgehead atoms. The smallest absolute Gasteiger partial charge is 0.252 e. The molecule has 2 heterocycles. The van der Waals surface area contributed by atoms with Crippen LogP contribution in [0.2, 0.25) is 0 Å². The van der Waals surface area contributed by atoms with E-state index in [1.54, 1.807) is 42.1 Å². The fourth-order valence-electron chi connectivity index (χ4n) is 3.11. The van der Waals surface area contributed by atoms with Gasteiger partial charge in [-0.25, -0.2) is 13.4 Å². The van der Waals surface area contributed by atoms with E-state index in [0.717, 1.165) is 22.3 Å². The Balaban J connectivity index is 1.90. The van der Waals surface area contributed by atoms with Gasteiger partial charge in [0.1, 0.15) is 0 Å². The van der Waals surface area contributed by atoms with Gasteiger partial charge in [0.05, 0.1) is 27.6 Å².